The molecule has 1 rings (SSSR count). The number of halogens is 2. The monoisotopic (exact) mass is 305 g/mol. The van der Waals surface area contributed by atoms with E-state index in [2.05, 4.69) is 0 Å². The molecule has 0 aliphatic carbocycles. The van der Waals surface area contributed by atoms with Gasteiger partial charge in [-0.15, -0.1) is 0 Å². The summed E-state index contributed by atoms with van der Waals surface area (Å²) in [4.78, 5) is 9.46. The zero-order valence-corrected chi connectivity index (χ0v) is 11.8. The van der Waals surface area contributed by atoms with Gasteiger partial charge in [0.15, 0.2) is 17.9 Å². The van der Waals surface area contributed by atoms with Gasteiger partial charge in [0.25, 0.3) is 0 Å². The lowest BCUT2D eigenvalue weighted by molar-refractivity contribution is -0.387. The second kappa shape index (κ2) is 8.48. The van der Waals surface area contributed by atoms with Gasteiger partial charge in [0.1, 0.15) is 0 Å². The number of nitrogens with zero attached hydrogens (tertiary/aromatic N) is 1. The van der Waals surface area contributed by atoms with Crippen LogP contribution in [0.2, 0.25) is 0 Å². The summed E-state index contributed by atoms with van der Waals surface area (Å²) >= 11 is 0. The highest BCUT2D eigenvalue weighted by molar-refractivity contribution is 5.39. The van der Waals surface area contributed by atoms with Crippen LogP contribution in [0, 0.1) is 21.7 Å². The molecule has 6 nitrogen and oxygen atoms in total. The van der Waals surface area contributed by atoms with E-state index in [0.29, 0.717) is 31.8 Å². The van der Waals surface area contributed by atoms with E-state index >= 15 is 0 Å². The number of rotatable bonds is 9. The van der Waals surface area contributed by atoms with Crippen molar-refractivity contribution in [2.45, 2.75) is 26.6 Å². The van der Waals surface area contributed by atoms with Gasteiger partial charge in [-0.05, 0) is 13.8 Å². The van der Waals surface area contributed by atoms with E-state index in [-0.39, 0.29) is 12.4 Å². The smallest absolute Gasteiger partial charge is 0.307 e. The quantitative estimate of drug-likeness (QED) is 0.398. The fraction of sp³-hybridized carbons (Fsp3) is 0.538. The average molecular weight is 305 g/mol. The number of hydrogen-bond acceptors (Lipinski definition) is 5. The lowest BCUT2D eigenvalue weighted by Gasteiger charge is -2.17. The molecule has 0 saturated carbocycles. The summed E-state index contributed by atoms with van der Waals surface area (Å²) in [5, 5.41) is 10.5. The molecule has 0 saturated heterocycles. The minimum Gasteiger partial charge on any atom is -0.490 e. The van der Waals surface area contributed by atoms with Crippen molar-refractivity contribution in [1.82, 2.24) is 0 Å². The van der Waals surface area contributed by atoms with Gasteiger partial charge in [-0.1, -0.05) is 0 Å². The van der Waals surface area contributed by atoms with Gasteiger partial charge in [0.05, 0.1) is 17.6 Å². The molecule has 0 unspecified atom stereocenters. The van der Waals surface area contributed by atoms with Gasteiger partial charge in [0.2, 0.25) is 5.82 Å². The molecule has 0 spiro atoms. The molecule has 0 atom stereocenters. The minimum absolute atomic E-state index is 0.0266. The summed E-state index contributed by atoms with van der Waals surface area (Å²) in [6, 6.07) is 1.15. The fourth-order valence-corrected chi connectivity index (χ4v) is 1.62. The topological polar surface area (TPSA) is 70.8 Å². The summed E-state index contributed by atoms with van der Waals surface area (Å²) in [7, 11) is 0. The van der Waals surface area contributed by atoms with Crippen molar-refractivity contribution in [1.29, 1.82) is 0 Å². The first-order valence-corrected chi connectivity index (χ1v) is 6.49. The third-order valence-corrected chi connectivity index (χ3v) is 2.51. The Hall–Kier alpha value is -1.80. The highest BCUT2D eigenvalue weighted by Gasteiger charge is 2.19. The van der Waals surface area contributed by atoms with Crippen molar-refractivity contribution in [2.75, 3.05) is 19.8 Å². The Kier molecular flexibility index (Phi) is 6.97. The van der Waals surface area contributed by atoms with Gasteiger partial charge in [-0.25, -0.2) is 4.39 Å². The predicted molar refractivity (Wildman–Crippen MR) is 70.2 cm³/mol. The van der Waals surface area contributed by atoms with Crippen molar-refractivity contribution < 1.29 is 27.9 Å². The standard InChI is InChI=1S/C13H17F2NO5/c1-3-19-13(20-4-2)5-6-21-12-8-9(14)11(16(17)18)7-10(12)15/h7-8,13H,3-6H2,1-2H3. The minimum atomic E-state index is -1.15. The molecule has 1 aromatic rings. The Bertz CT molecular complexity index is 478. The molecular formula is C13H17F2NO5. The number of nitro benzene ring substituents is 1. The molecule has 0 bridgehead atoms. The number of hydrogen-bond donors (Lipinski definition) is 0. The van der Waals surface area contributed by atoms with Crippen LogP contribution in [-0.4, -0.2) is 31.0 Å². The Morgan fingerprint density at radius 2 is 1.81 bits per heavy atom. The molecule has 0 fully saturated rings. The average Bonchev–Trinajstić information content (AvgIpc) is 2.42. The van der Waals surface area contributed by atoms with E-state index in [4.69, 9.17) is 14.2 Å². The van der Waals surface area contributed by atoms with Crippen molar-refractivity contribution in [3.05, 3.63) is 33.9 Å². The first-order chi connectivity index (χ1) is 9.99. The van der Waals surface area contributed by atoms with E-state index in [1.165, 1.54) is 0 Å². The van der Waals surface area contributed by atoms with E-state index in [9.17, 15) is 18.9 Å². The summed E-state index contributed by atoms with van der Waals surface area (Å²) < 4.78 is 42.5. The maximum atomic E-state index is 13.6. The number of ether oxygens (including phenoxy) is 3. The zero-order valence-electron chi connectivity index (χ0n) is 11.8. The zero-order chi connectivity index (χ0) is 15.8. The highest BCUT2D eigenvalue weighted by atomic mass is 19.1. The summed E-state index contributed by atoms with van der Waals surface area (Å²) in [5.41, 5.74) is -0.929. The van der Waals surface area contributed by atoms with Crippen LogP contribution in [0.4, 0.5) is 14.5 Å². The molecule has 0 heterocycles. The first kappa shape index (κ1) is 17.3. The second-order valence-electron chi connectivity index (χ2n) is 3.97. The Labute approximate surface area is 120 Å². The van der Waals surface area contributed by atoms with Crippen LogP contribution < -0.4 is 4.74 Å². The molecule has 0 amide bonds. The molecule has 0 N–H and O–H groups in total. The van der Waals surface area contributed by atoms with Gasteiger partial charge in [0, 0.05) is 25.7 Å². The molecule has 0 radical (unpaired) electrons. The van der Waals surface area contributed by atoms with Gasteiger partial charge >= 0.3 is 5.69 Å². The largest absolute Gasteiger partial charge is 0.490 e. The lowest BCUT2D eigenvalue weighted by atomic mass is 10.3. The van der Waals surface area contributed by atoms with Crippen molar-refractivity contribution in [2.24, 2.45) is 0 Å². The molecule has 8 heteroatoms. The van der Waals surface area contributed by atoms with E-state index < -0.39 is 28.5 Å². The molecule has 21 heavy (non-hydrogen) atoms. The number of benzene rings is 1. The van der Waals surface area contributed by atoms with Gasteiger partial charge in [-0.2, -0.15) is 4.39 Å². The molecule has 0 aliphatic heterocycles. The van der Waals surface area contributed by atoms with Crippen LogP contribution in [-0.2, 0) is 9.47 Å². The lowest BCUT2D eigenvalue weighted by Crippen LogP contribution is -2.20. The van der Waals surface area contributed by atoms with Gasteiger partial charge < -0.3 is 14.2 Å². The predicted octanol–water partition coefficient (Wildman–Crippen LogP) is 3.04. The summed E-state index contributed by atoms with van der Waals surface area (Å²) in [6.07, 6.45) is -0.175. The highest BCUT2D eigenvalue weighted by Crippen LogP contribution is 2.26. The summed E-state index contributed by atoms with van der Waals surface area (Å²) in [6.45, 7) is 4.53. The van der Waals surface area contributed by atoms with E-state index in [1.807, 2.05) is 0 Å². The molecular weight excluding hydrogens is 288 g/mol. The summed E-state index contributed by atoms with van der Waals surface area (Å²) in [5.74, 6) is -2.53. The van der Waals surface area contributed by atoms with Gasteiger partial charge in [-0.3, -0.25) is 10.1 Å². The van der Waals surface area contributed by atoms with Crippen LogP contribution >= 0.6 is 0 Å². The van der Waals surface area contributed by atoms with Crippen molar-refractivity contribution >= 4 is 5.69 Å². The fourth-order valence-electron chi connectivity index (χ4n) is 1.62. The van der Waals surface area contributed by atoms with Crippen LogP contribution in [0.15, 0.2) is 12.1 Å². The Morgan fingerprint density at radius 3 is 2.33 bits per heavy atom. The Balaban J connectivity index is 2.63. The molecule has 118 valence electrons. The SMILES string of the molecule is CCOC(CCOc1cc(F)c([N+](=O)[O-])cc1F)OCC. The number of nitro groups is 1. The van der Waals surface area contributed by atoms with Crippen LogP contribution in [0.5, 0.6) is 5.75 Å². The second-order valence-corrected chi connectivity index (χ2v) is 3.97. The molecule has 0 aliphatic rings. The third kappa shape index (κ3) is 5.24. The van der Waals surface area contributed by atoms with Crippen molar-refractivity contribution in [3.63, 3.8) is 0 Å². The maximum Gasteiger partial charge on any atom is 0.307 e. The van der Waals surface area contributed by atoms with Crippen LogP contribution in [0.3, 0.4) is 0 Å². The van der Waals surface area contributed by atoms with E-state index in [1.54, 1.807) is 13.8 Å². The Morgan fingerprint density at radius 1 is 1.19 bits per heavy atom. The first-order valence-electron chi connectivity index (χ1n) is 6.49. The maximum absolute atomic E-state index is 13.6. The third-order valence-electron chi connectivity index (χ3n) is 2.51. The van der Waals surface area contributed by atoms with Crippen LogP contribution in [0.1, 0.15) is 20.3 Å². The molecule has 1 aromatic carbocycles. The van der Waals surface area contributed by atoms with Crippen LogP contribution in [0.25, 0.3) is 0 Å². The normalized spacial score (nSPS) is 10.9. The molecule has 0 aromatic heterocycles. The van der Waals surface area contributed by atoms with E-state index in [0.717, 1.165) is 0 Å². The van der Waals surface area contributed by atoms with Crippen molar-refractivity contribution in [3.8, 4) is 5.75 Å².